The van der Waals surface area contributed by atoms with Crippen LogP contribution < -0.4 is 10.7 Å². The molecule has 1 unspecified atom stereocenters. The van der Waals surface area contributed by atoms with E-state index in [1.165, 1.54) is 5.56 Å². The number of hydrazone groups is 1. The summed E-state index contributed by atoms with van der Waals surface area (Å²) in [4.78, 5) is 28.4. The molecule has 1 aromatic heterocycles. The van der Waals surface area contributed by atoms with Gasteiger partial charge in [0, 0.05) is 33.8 Å². The molecule has 2 aromatic carbocycles. The molecule has 0 saturated heterocycles. The number of hydrogen-bond acceptors (Lipinski definition) is 3. The number of aromatic amines is 1. The highest BCUT2D eigenvalue weighted by Crippen LogP contribution is 2.48. The van der Waals surface area contributed by atoms with Gasteiger partial charge in [0.15, 0.2) is 0 Å². The Balaban J connectivity index is 1.46. The molecular formula is C22H18N4O2. The number of hydrogen-bond donors (Lipinski definition) is 3. The summed E-state index contributed by atoms with van der Waals surface area (Å²) in [6.07, 6.45) is 4.14. The lowest BCUT2D eigenvalue weighted by Gasteiger charge is -2.08. The van der Waals surface area contributed by atoms with Crippen LogP contribution in [-0.2, 0) is 4.79 Å². The average molecular weight is 370 g/mol. The lowest BCUT2D eigenvalue weighted by Crippen LogP contribution is -2.18. The van der Waals surface area contributed by atoms with Gasteiger partial charge in [0.2, 0.25) is 5.91 Å². The van der Waals surface area contributed by atoms with Gasteiger partial charge in [-0.15, -0.1) is 0 Å². The fraction of sp³-hybridized carbons (Fsp3) is 0.136. The molecule has 1 aliphatic carbocycles. The normalized spacial score (nSPS) is 19.8. The van der Waals surface area contributed by atoms with Gasteiger partial charge < -0.3 is 10.3 Å². The van der Waals surface area contributed by atoms with Gasteiger partial charge in [0.25, 0.3) is 5.91 Å². The number of carbonyl (C=O) groups is 2. The molecule has 3 N–H and O–H groups in total. The van der Waals surface area contributed by atoms with Crippen LogP contribution in [0.3, 0.4) is 0 Å². The first-order valence-corrected chi connectivity index (χ1v) is 9.17. The van der Waals surface area contributed by atoms with Gasteiger partial charge in [-0.1, -0.05) is 36.9 Å². The number of H-pyrrole nitrogens is 1. The molecule has 2 amide bonds. The Bertz CT molecular complexity index is 1160. The monoisotopic (exact) mass is 370 g/mol. The molecule has 3 aromatic rings. The van der Waals surface area contributed by atoms with Crippen LogP contribution in [-0.4, -0.2) is 23.0 Å². The Hall–Kier alpha value is -3.67. The predicted molar refractivity (Wildman–Crippen MR) is 109 cm³/mol. The summed E-state index contributed by atoms with van der Waals surface area (Å²) in [6, 6.07) is 13.6. The van der Waals surface area contributed by atoms with Crippen molar-refractivity contribution in [2.24, 2.45) is 11.0 Å². The van der Waals surface area contributed by atoms with Crippen LogP contribution in [0.5, 0.6) is 0 Å². The zero-order valence-corrected chi connectivity index (χ0v) is 15.0. The number of anilines is 1. The van der Waals surface area contributed by atoms with Crippen molar-refractivity contribution in [1.82, 2.24) is 10.4 Å². The third-order valence-electron chi connectivity index (χ3n) is 5.40. The quantitative estimate of drug-likeness (QED) is 0.655. The Morgan fingerprint density at radius 3 is 2.86 bits per heavy atom. The minimum absolute atomic E-state index is 0.0265. The molecule has 6 heteroatoms. The Morgan fingerprint density at radius 1 is 1.25 bits per heavy atom. The second-order valence-electron chi connectivity index (χ2n) is 7.15. The lowest BCUT2D eigenvalue weighted by atomic mass is 10.0. The zero-order valence-electron chi connectivity index (χ0n) is 15.0. The van der Waals surface area contributed by atoms with Crippen LogP contribution in [0, 0.1) is 5.92 Å². The van der Waals surface area contributed by atoms with E-state index in [1.807, 2.05) is 24.3 Å². The van der Waals surface area contributed by atoms with Crippen molar-refractivity contribution in [3.8, 4) is 0 Å². The summed E-state index contributed by atoms with van der Waals surface area (Å²) >= 11 is 0. The van der Waals surface area contributed by atoms with Crippen LogP contribution in [0.25, 0.3) is 17.0 Å². The van der Waals surface area contributed by atoms with Gasteiger partial charge in [-0.05, 0) is 36.1 Å². The minimum atomic E-state index is -0.306. The molecule has 2 aliphatic rings. The van der Waals surface area contributed by atoms with Crippen LogP contribution in [0.2, 0.25) is 0 Å². The first-order chi connectivity index (χ1) is 13.7. The number of benzene rings is 2. The van der Waals surface area contributed by atoms with Crippen molar-refractivity contribution in [2.75, 3.05) is 5.32 Å². The average Bonchev–Trinajstić information content (AvgIpc) is 3.46. The summed E-state index contributed by atoms with van der Waals surface area (Å²) in [6.45, 7) is 3.81. The third kappa shape index (κ3) is 2.62. The molecule has 2 heterocycles. The molecule has 0 radical (unpaired) electrons. The topological polar surface area (TPSA) is 86.3 Å². The van der Waals surface area contributed by atoms with Crippen LogP contribution in [0.15, 0.2) is 54.1 Å². The maximum Gasteiger partial charge on any atom is 0.272 e. The molecular weight excluding hydrogens is 352 g/mol. The number of amides is 2. The first-order valence-electron chi connectivity index (χ1n) is 9.17. The minimum Gasteiger partial charge on any atom is -0.354 e. The van der Waals surface area contributed by atoms with E-state index in [0.717, 1.165) is 28.6 Å². The zero-order chi connectivity index (χ0) is 19.3. The van der Waals surface area contributed by atoms with Gasteiger partial charge in [0.1, 0.15) is 0 Å². The maximum atomic E-state index is 12.7. The molecule has 138 valence electrons. The van der Waals surface area contributed by atoms with Crippen molar-refractivity contribution in [3.63, 3.8) is 0 Å². The van der Waals surface area contributed by atoms with E-state index in [-0.39, 0.29) is 23.7 Å². The van der Waals surface area contributed by atoms with E-state index < -0.39 is 0 Å². The van der Waals surface area contributed by atoms with Gasteiger partial charge in [-0.2, -0.15) is 5.10 Å². The predicted octanol–water partition coefficient (Wildman–Crippen LogP) is 3.63. The van der Waals surface area contributed by atoms with Gasteiger partial charge in [-0.25, -0.2) is 5.43 Å². The van der Waals surface area contributed by atoms with E-state index in [4.69, 9.17) is 0 Å². The van der Waals surface area contributed by atoms with Crippen molar-refractivity contribution < 1.29 is 9.59 Å². The standard InChI is InChI=1S/C22H18N4O2/c1-2-18-17-11-23-26-22(28)16-8-13(9-19(25-18)20(16)17)24-21(27)15-10-14(15)12-6-4-3-5-7-12/h2-9,11,14-15,25H,1,10H2,(H,24,27)(H,26,28)/t14-,15?/m0/s1. The lowest BCUT2D eigenvalue weighted by molar-refractivity contribution is -0.117. The van der Waals surface area contributed by atoms with E-state index in [0.29, 0.717) is 11.3 Å². The second-order valence-corrected chi connectivity index (χ2v) is 7.15. The molecule has 1 fully saturated rings. The molecule has 5 rings (SSSR count). The number of carbonyl (C=O) groups excluding carboxylic acids is 2. The molecule has 1 aliphatic heterocycles. The summed E-state index contributed by atoms with van der Waals surface area (Å²) < 4.78 is 0. The highest BCUT2D eigenvalue weighted by molar-refractivity contribution is 6.17. The van der Waals surface area contributed by atoms with Crippen molar-refractivity contribution in [3.05, 3.63) is 71.4 Å². The number of nitrogens with one attached hydrogen (secondary N) is 3. The van der Waals surface area contributed by atoms with E-state index in [9.17, 15) is 9.59 Å². The number of nitrogens with zero attached hydrogens (tertiary/aromatic N) is 1. The van der Waals surface area contributed by atoms with Gasteiger partial charge >= 0.3 is 0 Å². The summed E-state index contributed by atoms with van der Waals surface area (Å²) in [5, 5.41) is 7.72. The Morgan fingerprint density at radius 2 is 2.07 bits per heavy atom. The van der Waals surface area contributed by atoms with Crippen LogP contribution in [0.1, 0.15) is 39.5 Å². The summed E-state index contributed by atoms with van der Waals surface area (Å²) in [7, 11) is 0. The Labute approximate surface area is 161 Å². The van der Waals surface area contributed by atoms with Crippen LogP contribution >= 0.6 is 0 Å². The molecule has 2 atom stereocenters. The number of aromatic nitrogens is 1. The fourth-order valence-electron chi connectivity index (χ4n) is 3.93. The van der Waals surface area contributed by atoms with Crippen LogP contribution in [0.4, 0.5) is 5.69 Å². The van der Waals surface area contributed by atoms with Crippen molar-refractivity contribution >= 4 is 40.7 Å². The SMILES string of the molecule is C=Cc1[nH]c2cc(NC(=O)C3C[C@H]3c3ccccc3)cc3c2c1C=NNC3=O. The van der Waals surface area contributed by atoms with Gasteiger partial charge in [-0.3, -0.25) is 9.59 Å². The largest absolute Gasteiger partial charge is 0.354 e. The molecule has 1 saturated carbocycles. The van der Waals surface area contributed by atoms with Gasteiger partial charge in [0.05, 0.1) is 11.8 Å². The molecule has 6 nitrogen and oxygen atoms in total. The van der Waals surface area contributed by atoms with Crippen molar-refractivity contribution in [1.29, 1.82) is 0 Å². The Kier molecular flexibility index (Phi) is 3.65. The fourth-order valence-corrected chi connectivity index (χ4v) is 3.93. The van der Waals surface area contributed by atoms with E-state index >= 15 is 0 Å². The highest BCUT2D eigenvalue weighted by atomic mass is 16.2. The molecule has 0 bridgehead atoms. The molecule has 0 spiro atoms. The van der Waals surface area contributed by atoms with E-state index in [2.05, 4.69) is 39.5 Å². The second kappa shape index (κ2) is 6.20. The van der Waals surface area contributed by atoms with Crippen molar-refractivity contribution in [2.45, 2.75) is 12.3 Å². The third-order valence-corrected chi connectivity index (χ3v) is 5.40. The maximum absolute atomic E-state index is 12.7. The summed E-state index contributed by atoms with van der Waals surface area (Å²) in [5.41, 5.74) is 7.10. The van der Waals surface area contributed by atoms with E-state index in [1.54, 1.807) is 18.4 Å². The molecule has 28 heavy (non-hydrogen) atoms. The first kappa shape index (κ1) is 16.5. The summed E-state index contributed by atoms with van der Waals surface area (Å²) in [5.74, 6) is -0.120. The highest BCUT2D eigenvalue weighted by Gasteiger charge is 2.43. The number of rotatable bonds is 4. The smallest absolute Gasteiger partial charge is 0.272 e.